The topological polar surface area (TPSA) is 66.4 Å². The van der Waals surface area contributed by atoms with Crippen molar-refractivity contribution in [1.29, 1.82) is 0 Å². The lowest BCUT2D eigenvalue weighted by molar-refractivity contribution is 0.0696. The molecule has 0 unspecified atom stereocenters. The minimum Gasteiger partial charge on any atom is -0.478 e. The van der Waals surface area contributed by atoms with E-state index in [1.54, 1.807) is 0 Å². The quantitative estimate of drug-likeness (QED) is 0.652. The molecule has 27 heavy (non-hydrogen) atoms. The molecule has 0 aliphatic heterocycles. The number of carbonyl (C=O) groups is 2. The molecule has 0 bridgehead atoms. The molecule has 1 aliphatic rings. The first-order chi connectivity index (χ1) is 12.5. The fraction of sp³-hybridized carbons (Fsp3) is 0.364. The highest BCUT2D eigenvalue weighted by atomic mass is 79.9. The summed E-state index contributed by atoms with van der Waals surface area (Å²) in [5.41, 5.74) is 4.03. The van der Waals surface area contributed by atoms with Crippen LogP contribution < -0.4 is 5.32 Å². The first kappa shape index (κ1) is 19.6. The zero-order chi connectivity index (χ0) is 20.0. The molecule has 1 aliphatic carbocycles. The van der Waals surface area contributed by atoms with Crippen molar-refractivity contribution in [3.05, 3.63) is 63.1 Å². The van der Waals surface area contributed by atoms with Crippen molar-refractivity contribution in [2.24, 2.45) is 0 Å². The summed E-state index contributed by atoms with van der Waals surface area (Å²) in [6.07, 6.45) is 2.22. The lowest BCUT2D eigenvalue weighted by Crippen LogP contribution is -2.34. The van der Waals surface area contributed by atoms with Crippen molar-refractivity contribution in [2.45, 2.75) is 51.4 Å². The number of halogens is 1. The van der Waals surface area contributed by atoms with Gasteiger partial charge in [-0.1, -0.05) is 27.7 Å². The molecule has 1 amide bonds. The van der Waals surface area contributed by atoms with Crippen LogP contribution in [0.4, 0.5) is 5.69 Å². The van der Waals surface area contributed by atoms with Gasteiger partial charge in [0.05, 0.1) is 11.3 Å². The number of aromatic carboxylic acids is 1. The average molecular weight is 430 g/mol. The summed E-state index contributed by atoms with van der Waals surface area (Å²) < 4.78 is 0.850. The number of rotatable bonds is 3. The van der Waals surface area contributed by atoms with Crippen LogP contribution in [-0.4, -0.2) is 17.0 Å². The third kappa shape index (κ3) is 3.79. The van der Waals surface area contributed by atoms with Crippen LogP contribution in [0.25, 0.3) is 0 Å². The van der Waals surface area contributed by atoms with E-state index in [4.69, 9.17) is 5.11 Å². The molecule has 0 heterocycles. The standard InChI is InChI=1S/C22H24BrNO3/c1-21(2)9-10-22(3,4)16-12-18(17(23)11-15(16)21)24-19(25)13-5-7-14(8-6-13)20(26)27/h5-8,11-12H,9-10H2,1-4H3,(H,24,25)(H,26,27). The van der Waals surface area contributed by atoms with Gasteiger partial charge in [-0.3, -0.25) is 4.79 Å². The van der Waals surface area contributed by atoms with Gasteiger partial charge in [0.15, 0.2) is 0 Å². The van der Waals surface area contributed by atoms with Crippen LogP contribution >= 0.6 is 15.9 Å². The zero-order valence-electron chi connectivity index (χ0n) is 16.0. The summed E-state index contributed by atoms with van der Waals surface area (Å²) in [6.45, 7) is 9.00. The Kier molecular flexibility index (Phi) is 4.93. The monoisotopic (exact) mass is 429 g/mol. The number of benzene rings is 2. The summed E-state index contributed by atoms with van der Waals surface area (Å²) in [6, 6.07) is 10.1. The number of anilines is 1. The Morgan fingerprint density at radius 3 is 1.93 bits per heavy atom. The van der Waals surface area contributed by atoms with Crippen LogP contribution in [0, 0.1) is 0 Å². The van der Waals surface area contributed by atoms with Gasteiger partial charge in [-0.25, -0.2) is 4.79 Å². The van der Waals surface area contributed by atoms with Crippen molar-refractivity contribution < 1.29 is 14.7 Å². The maximum absolute atomic E-state index is 12.6. The molecule has 142 valence electrons. The Hall–Kier alpha value is -2.14. The molecule has 5 heteroatoms. The van der Waals surface area contributed by atoms with Crippen LogP contribution in [-0.2, 0) is 10.8 Å². The number of amides is 1. The molecule has 2 N–H and O–H groups in total. The molecule has 2 aromatic carbocycles. The van der Waals surface area contributed by atoms with E-state index in [1.807, 2.05) is 0 Å². The van der Waals surface area contributed by atoms with Crippen molar-refractivity contribution in [1.82, 2.24) is 0 Å². The van der Waals surface area contributed by atoms with E-state index in [0.717, 1.165) is 23.0 Å². The van der Waals surface area contributed by atoms with Crippen molar-refractivity contribution in [2.75, 3.05) is 5.32 Å². The van der Waals surface area contributed by atoms with Crippen LogP contribution in [0.1, 0.15) is 72.4 Å². The Labute approximate surface area is 168 Å². The number of carboxylic acid groups (broad SMARTS) is 1. The number of hydrogen-bond acceptors (Lipinski definition) is 2. The summed E-state index contributed by atoms with van der Waals surface area (Å²) in [4.78, 5) is 23.6. The van der Waals surface area contributed by atoms with Crippen molar-refractivity contribution >= 4 is 33.5 Å². The largest absolute Gasteiger partial charge is 0.478 e. The number of hydrogen-bond donors (Lipinski definition) is 2. The lowest BCUT2D eigenvalue weighted by Gasteiger charge is -2.42. The Bertz CT molecular complexity index is 914. The van der Waals surface area contributed by atoms with Gasteiger partial charge >= 0.3 is 5.97 Å². The van der Waals surface area contributed by atoms with E-state index in [0.29, 0.717) is 5.56 Å². The molecule has 0 saturated carbocycles. The highest BCUT2D eigenvalue weighted by Gasteiger charge is 2.37. The third-order valence-electron chi connectivity index (χ3n) is 5.58. The van der Waals surface area contributed by atoms with Gasteiger partial charge < -0.3 is 10.4 Å². The first-order valence-electron chi connectivity index (χ1n) is 9.00. The van der Waals surface area contributed by atoms with Crippen LogP contribution in [0.5, 0.6) is 0 Å². The summed E-state index contributed by atoms with van der Waals surface area (Å²) in [7, 11) is 0. The fourth-order valence-electron chi connectivity index (χ4n) is 3.64. The Morgan fingerprint density at radius 2 is 1.41 bits per heavy atom. The van der Waals surface area contributed by atoms with Gasteiger partial charge in [-0.15, -0.1) is 0 Å². The molecule has 0 saturated heterocycles. The van der Waals surface area contributed by atoms with Gasteiger partial charge in [0.1, 0.15) is 0 Å². The molecule has 0 atom stereocenters. The predicted molar refractivity (Wildman–Crippen MR) is 111 cm³/mol. The summed E-state index contributed by atoms with van der Waals surface area (Å²) >= 11 is 3.60. The van der Waals surface area contributed by atoms with E-state index in [9.17, 15) is 9.59 Å². The molecular weight excluding hydrogens is 406 g/mol. The Balaban J connectivity index is 1.94. The third-order valence-corrected chi connectivity index (χ3v) is 6.24. The SMILES string of the molecule is CC1(C)CCC(C)(C)c2cc(NC(=O)c3ccc(C(=O)O)cc3)c(Br)cc21. The van der Waals surface area contributed by atoms with Gasteiger partial charge in [-0.2, -0.15) is 0 Å². The molecule has 0 aromatic heterocycles. The van der Waals surface area contributed by atoms with Crippen LogP contribution in [0.15, 0.2) is 40.9 Å². The molecule has 0 spiro atoms. The van der Waals surface area contributed by atoms with Gasteiger partial charge in [0.25, 0.3) is 5.91 Å². The number of nitrogens with one attached hydrogen (secondary N) is 1. The molecule has 3 rings (SSSR count). The number of carboxylic acids is 1. The molecule has 0 radical (unpaired) electrons. The second-order valence-electron chi connectivity index (χ2n) is 8.48. The highest BCUT2D eigenvalue weighted by molar-refractivity contribution is 9.10. The van der Waals surface area contributed by atoms with Crippen LogP contribution in [0.2, 0.25) is 0 Å². The lowest BCUT2D eigenvalue weighted by atomic mass is 9.63. The summed E-state index contributed by atoms with van der Waals surface area (Å²) in [5, 5.41) is 11.9. The van der Waals surface area contributed by atoms with E-state index >= 15 is 0 Å². The second kappa shape index (κ2) is 6.79. The molecule has 4 nitrogen and oxygen atoms in total. The van der Waals surface area contributed by atoms with E-state index in [1.165, 1.54) is 35.4 Å². The van der Waals surface area contributed by atoms with E-state index < -0.39 is 5.97 Å². The zero-order valence-corrected chi connectivity index (χ0v) is 17.6. The average Bonchev–Trinajstić information content (AvgIpc) is 2.60. The smallest absolute Gasteiger partial charge is 0.335 e. The first-order valence-corrected chi connectivity index (χ1v) is 9.80. The summed E-state index contributed by atoms with van der Waals surface area (Å²) in [5.74, 6) is -1.27. The minimum absolute atomic E-state index is 0.0498. The van der Waals surface area contributed by atoms with E-state index in [-0.39, 0.29) is 22.3 Å². The predicted octanol–water partition coefficient (Wildman–Crippen LogP) is 5.75. The van der Waals surface area contributed by atoms with Crippen molar-refractivity contribution in [3.8, 4) is 0 Å². The minimum atomic E-state index is -1.01. The van der Waals surface area contributed by atoms with Crippen LogP contribution in [0.3, 0.4) is 0 Å². The number of fused-ring (bicyclic) bond motifs is 1. The molecular formula is C22H24BrNO3. The maximum atomic E-state index is 12.6. The highest BCUT2D eigenvalue weighted by Crippen LogP contribution is 2.48. The fourth-order valence-corrected chi connectivity index (χ4v) is 4.08. The van der Waals surface area contributed by atoms with Gasteiger partial charge in [0, 0.05) is 10.0 Å². The van der Waals surface area contributed by atoms with Gasteiger partial charge in [0.2, 0.25) is 0 Å². The van der Waals surface area contributed by atoms with E-state index in [2.05, 4.69) is 61.1 Å². The van der Waals surface area contributed by atoms with Crippen molar-refractivity contribution in [3.63, 3.8) is 0 Å². The second-order valence-corrected chi connectivity index (χ2v) is 9.34. The normalized spacial score (nSPS) is 17.1. The van der Waals surface area contributed by atoms with Gasteiger partial charge in [-0.05, 0) is 87.1 Å². The molecule has 0 fully saturated rings. The molecule has 2 aromatic rings. The maximum Gasteiger partial charge on any atom is 0.335 e. The number of carbonyl (C=O) groups excluding carboxylic acids is 1. The Morgan fingerprint density at radius 1 is 0.926 bits per heavy atom.